The van der Waals surface area contributed by atoms with E-state index >= 15 is 0 Å². The second kappa shape index (κ2) is 3.95. The number of piperidine rings is 1. The maximum absolute atomic E-state index is 9.52. The monoisotopic (exact) mass is 187 g/mol. The van der Waals surface area contributed by atoms with Gasteiger partial charge in [-0.05, 0) is 46.7 Å². The second-order valence-electron chi connectivity index (χ2n) is 4.80. The van der Waals surface area contributed by atoms with Gasteiger partial charge in [0.2, 0.25) is 0 Å². The van der Waals surface area contributed by atoms with Gasteiger partial charge in [0.25, 0.3) is 0 Å². The molecule has 0 aromatic rings. The van der Waals surface area contributed by atoms with Crippen LogP contribution < -0.4 is 5.32 Å². The van der Waals surface area contributed by atoms with Crippen LogP contribution in [0, 0.1) is 0 Å². The van der Waals surface area contributed by atoms with Crippen molar-refractivity contribution in [1.29, 1.82) is 0 Å². The molecule has 3 heteroatoms. The highest BCUT2D eigenvalue weighted by atomic mass is 16.5. The quantitative estimate of drug-likeness (QED) is 0.690. The zero-order valence-corrected chi connectivity index (χ0v) is 8.89. The van der Waals surface area contributed by atoms with Crippen molar-refractivity contribution in [2.24, 2.45) is 0 Å². The molecule has 0 radical (unpaired) electrons. The smallest absolute Gasteiger partial charge is 0.0824 e. The average molecular weight is 187 g/mol. The molecule has 0 bridgehead atoms. The van der Waals surface area contributed by atoms with Gasteiger partial charge in [-0.15, -0.1) is 0 Å². The third-order valence-corrected chi connectivity index (χ3v) is 2.44. The standard InChI is InChI=1S/C10H21NO2/c1-9(2,12)8-13-10(3)4-6-11-7-5-10/h11-12H,4-8H2,1-3H3. The van der Waals surface area contributed by atoms with Crippen molar-refractivity contribution in [3.8, 4) is 0 Å². The summed E-state index contributed by atoms with van der Waals surface area (Å²) in [6.45, 7) is 8.13. The predicted octanol–water partition coefficient (Wildman–Crippen LogP) is 0.916. The van der Waals surface area contributed by atoms with Gasteiger partial charge in [0, 0.05) is 0 Å². The minimum atomic E-state index is -0.714. The molecular weight excluding hydrogens is 166 g/mol. The van der Waals surface area contributed by atoms with E-state index in [2.05, 4.69) is 12.2 Å². The Hall–Kier alpha value is -0.120. The van der Waals surface area contributed by atoms with Gasteiger partial charge in [-0.1, -0.05) is 0 Å². The molecule has 13 heavy (non-hydrogen) atoms. The Morgan fingerprint density at radius 2 is 1.92 bits per heavy atom. The van der Waals surface area contributed by atoms with Crippen LogP contribution >= 0.6 is 0 Å². The van der Waals surface area contributed by atoms with Crippen LogP contribution in [0.1, 0.15) is 33.6 Å². The maximum Gasteiger partial charge on any atom is 0.0824 e. The fraction of sp³-hybridized carbons (Fsp3) is 1.00. The molecule has 0 aliphatic carbocycles. The topological polar surface area (TPSA) is 41.5 Å². The Morgan fingerprint density at radius 1 is 1.38 bits per heavy atom. The predicted molar refractivity (Wildman–Crippen MR) is 52.8 cm³/mol. The van der Waals surface area contributed by atoms with Crippen LogP contribution in [0.15, 0.2) is 0 Å². The summed E-state index contributed by atoms with van der Waals surface area (Å²) in [5.74, 6) is 0. The lowest BCUT2D eigenvalue weighted by molar-refractivity contribution is -0.110. The zero-order chi connectivity index (χ0) is 9.95. The molecule has 3 nitrogen and oxygen atoms in total. The van der Waals surface area contributed by atoms with Gasteiger partial charge in [0.1, 0.15) is 0 Å². The van der Waals surface area contributed by atoms with Crippen molar-refractivity contribution in [2.75, 3.05) is 19.7 Å². The largest absolute Gasteiger partial charge is 0.388 e. The lowest BCUT2D eigenvalue weighted by atomic mass is 9.94. The van der Waals surface area contributed by atoms with Crippen molar-refractivity contribution < 1.29 is 9.84 Å². The van der Waals surface area contributed by atoms with Gasteiger partial charge in [0.15, 0.2) is 0 Å². The minimum absolute atomic E-state index is 0.0365. The minimum Gasteiger partial charge on any atom is -0.388 e. The molecule has 78 valence electrons. The van der Waals surface area contributed by atoms with Crippen LogP contribution in [0.5, 0.6) is 0 Å². The molecule has 1 aliphatic rings. The first-order valence-electron chi connectivity index (χ1n) is 4.98. The van der Waals surface area contributed by atoms with Crippen LogP contribution in [0.4, 0.5) is 0 Å². The van der Waals surface area contributed by atoms with Gasteiger partial charge in [0.05, 0.1) is 17.8 Å². The molecule has 0 atom stereocenters. The first-order chi connectivity index (χ1) is 5.91. The van der Waals surface area contributed by atoms with Gasteiger partial charge >= 0.3 is 0 Å². The highest BCUT2D eigenvalue weighted by Crippen LogP contribution is 2.23. The molecule has 0 unspecified atom stereocenters. The fourth-order valence-corrected chi connectivity index (χ4v) is 1.45. The van der Waals surface area contributed by atoms with E-state index in [1.54, 1.807) is 13.8 Å². The SMILES string of the molecule is CC(C)(O)COC1(C)CCNCC1. The van der Waals surface area contributed by atoms with Gasteiger partial charge < -0.3 is 15.2 Å². The van der Waals surface area contributed by atoms with E-state index in [9.17, 15) is 5.11 Å². The van der Waals surface area contributed by atoms with Crippen LogP contribution in [0.3, 0.4) is 0 Å². The summed E-state index contributed by atoms with van der Waals surface area (Å²) in [7, 11) is 0. The summed E-state index contributed by atoms with van der Waals surface area (Å²) in [6.07, 6.45) is 2.06. The molecule has 0 saturated carbocycles. The fourth-order valence-electron chi connectivity index (χ4n) is 1.45. The number of ether oxygens (including phenoxy) is 1. The number of rotatable bonds is 3. The van der Waals surface area contributed by atoms with Crippen molar-refractivity contribution >= 4 is 0 Å². The number of hydrogen-bond donors (Lipinski definition) is 2. The van der Waals surface area contributed by atoms with Crippen LogP contribution in [0.25, 0.3) is 0 Å². The van der Waals surface area contributed by atoms with Crippen molar-refractivity contribution in [1.82, 2.24) is 5.32 Å². The van der Waals surface area contributed by atoms with E-state index in [-0.39, 0.29) is 5.60 Å². The zero-order valence-electron chi connectivity index (χ0n) is 8.89. The summed E-state index contributed by atoms with van der Waals surface area (Å²) in [6, 6.07) is 0. The summed E-state index contributed by atoms with van der Waals surface area (Å²) in [5, 5.41) is 12.8. The van der Waals surface area contributed by atoms with E-state index in [1.807, 2.05) is 0 Å². The highest BCUT2D eigenvalue weighted by Gasteiger charge is 2.29. The molecule has 1 fully saturated rings. The maximum atomic E-state index is 9.52. The normalized spacial score (nSPS) is 23.1. The molecule has 1 rings (SSSR count). The van der Waals surface area contributed by atoms with E-state index in [0.717, 1.165) is 25.9 Å². The molecule has 1 heterocycles. The highest BCUT2D eigenvalue weighted by molar-refractivity contribution is 4.82. The summed E-state index contributed by atoms with van der Waals surface area (Å²) >= 11 is 0. The number of nitrogens with one attached hydrogen (secondary N) is 1. The number of aliphatic hydroxyl groups is 1. The third kappa shape index (κ3) is 4.07. The van der Waals surface area contributed by atoms with Gasteiger partial charge in [-0.25, -0.2) is 0 Å². The Bertz CT molecular complexity index is 157. The van der Waals surface area contributed by atoms with Crippen molar-refractivity contribution in [2.45, 2.75) is 44.8 Å². The second-order valence-corrected chi connectivity index (χ2v) is 4.80. The summed E-state index contributed by atoms with van der Waals surface area (Å²) in [5.41, 5.74) is -0.751. The average Bonchev–Trinajstić information content (AvgIpc) is 2.02. The van der Waals surface area contributed by atoms with Gasteiger partial charge in [-0.3, -0.25) is 0 Å². The number of hydrogen-bond acceptors (Lipinski definition) is 3. The first-order valence-corrected chi connectivity index (χ1v) is 4.98. The Balaban J connectivity index is 2.33. The molecule has 2 N–H and O–H groups in total. The first kappa shape index (κ1) is 11.0. The van der Waals surface area contributed by atoms with E-state index in [4.69, 9.17) is 4.74 Å². The molecule has 0 aromatic carbocycles. The molecular formula is C10H21NO2. The summed E-state index contributed by atoms with van der Waals surface area (Å²) in [4.78, 5) is 0. The van der Waals surface area contributed by atoms with Crippen LogP contribution in [-0.2, 0) is 4.74 Å². The lowest BCUT2D eigenvalue weighted by Gasteiger charge is -2.36. The molecule has 0 spiro atoms. The summed E-state index contributed by atoms with van der Waals surface area (Å²) < 4.78 is 5.74. The lowest BCUT2D eigenvalue weighted by Crippen LogP contribution is -2.44. The molecule has 0 amide bonds. The van der Waals surface area contributed by atoms with Crippen molar-refractivity contribution in [3.05, 3.63) is 0 Å². The Labute approximate surface area is 80.5 Å². The van der Waals surface area contributed by atoms with E-state index < -0.39 is 5.60 Å². The Kier molecular flexibility index (Phi) is 3.33. The third-order valence-electron chi connectivity index (χ3n) is 2.44. The molecule has 1 saturated heterocycles. The molecule has 1 aliphatic heterocycles. The molecule has 0 aromatic heterocycles. The van der Waals surface area contributed by atoms with E-state index in [1.165, 1.54) is 0 Å². The van der Waals surface area contributed by atoms with Crippen LogP contribution in [0.2, 0.25) is 0 Å². The van der Waals surface area contributed by atoms with Crippen molar-refractivity contribution in [3.63, 3.8) is 0 Å². The van der Waals surface area contributed by atoms with Gasteiger partial charge in [-0.2, -0.15) is 0 Å². The van der Waals surface area contributed by atoms with E-state index in [0.29, 0.717) is 6.61 Å². The Morgan fingerprint density at radius 3 is 2.38 bits per heavy atom. The van der Waals surface area contributed by atoms with Crippen LogP contribution in [-0.4, -0.2) is 36.0 Å².